The molecule has 100 valence electrons. The van der Waals surface area contributed by atoms with Crippen molar-refractivity contribution in [3.63, 3.8) is 0 Å². The molecule has 2 aromatic rings. The maximum Gasteiger partial charge on any atom is 0.128 e. The molecular weight excluding hydrogens is 248 g/mol. The Balaban J connectivity index is 2.22. The van der Waals surface area contributed by atoms with Gasteiger partial charge in [0.2, 0.25) is 0 Å². The average molecular weight is 263 g/mol. The quantitative estimate of drug-likeness (QED) is 0.815. The molecule has 19 heavy (non-hydrogen) atoms. The molecule has 0 heterocycles. The Labute approximate surface area is 110 Å². The molecule has 0 aliphatic carbocycles. The summed E-state index contributed by atoms with van der Waals surface area (Å²) in [5.41, 5.74) is 1.73. The molecule has 2 aromatic carbocycles. The number of aryl methyl sites for hydroxylation is 1. The van der Waals surface area contributed by atoms with Crippen molar-refractivity contribution >= 4 is 5.69 Å². The molecule has 0 aliphatic heterocycles. The summed E-state index contributed by atoms with van der Waals surface area (Å²) in [4.78, 5) is 0. The molecule has 2 N–H and O–H groups in total. The first-order chi connectivity index (χ1) is 8.97. The fourth-order valence-electron chi connectivity index (χ4n) is 1.92. The van der Waals surface area contributed by atoms with Crippen molar-refractivity contribution in [3.05, 3.63) is 59.2 Å². The highest BCUT2D eigenvalue weighted by Crippen LogP contribution is 2.25. The molecule has 2 nitrogen and oxygen atoms in total. The minimum Gasteiger partial charge on any atom is -0.508 e. The van der Waals surface area contributed by atoms with Crippen molar-refractivity contribution in [3.8, 4) is 5.75 Å². The number of nitrogens with one attached hydrogen (secondary N) is 1. The van der Waals surface area contributed by atoms with Gasteiger partial charge in [0.15, 0.2) is 0 Å². The summed E-state index contributed by atoms with van der Waals surface area (Å²) in [6, 6.07) is 8.02. The molecule has 1 atom stereocenters. The standard InChI is InChI=1S/C15H15F2NO/c1-9-7-12(4-6-15(9)19)18-10(2)13-8-11(16)3-5-14(13)17/h3-8,10,18-19H,1-2H3. The molecule has 0 saturated carbocycles. The van der Waals surface area contributed by atoms with Gasteiger partial charge in [0.05, 0.1) is 6.04 Å². The third-order valence-electron chi connectivity index (χ3n) is 3.00. The third-order valence-corrected chi connectivity index (χ3v) is 3.00. The lowest BCUT2D eigenvalue weighted by atomic mass is 10.1. The zero-order valence-corrected chi connectivity index (χ0v) is 10.7. The smallest absolute Gasteiger partial charge is 0.128 e. The van der Waals surface area contributed by atoms with E-state index < -0.39 is 11.6 Å². The number of rotatable bonds is 3. The summed E-state index contributed by atoms with van der Waals surface area (Å²) in [6.45, 7) is 3.52. The Morgan fingerprint density at radius 1 is 1.11 bits per heavy atom. The van der Waals surface area contributed by atoms with Crippen LogP contribution >= 0.6 is 0 Å². The predicted octanol–water partition coefficient (Wildman–Crippen LogP) is 4.15. The van der Waals surface area contributed by atoms with Gasteiger partial charge in [0, 0.05) is 11.3 Å². The predicted molar refractivity (Wildman–Crippen MR) is 71.2 cm³/mol. The van der Waals surface area contributed by atoms with Crippen LogP contribution in [0.1, 0.15) is 24.1 Å². The van der Waals surface area contributed by atoms with E-state index in [0.717, 1.165) is 23.4 Å². The number of phenols is 1. The lowest BCUT2D eigenvalue weighted by Gasteiger charge is -2.17. The van der Waals surface area contributed by atoms with Crippen LogP contribution in [0.4, 0.5) is 14.5 Å². The van der Waals surface area contributed by atoms with E-state index in [0.29, 0.717) is 0 Å². The summed E-state index contributed by atoms with van der Waals surface area (Å²) in [6.07, 6.45) is 0. The summed E-state index contributed by atoms with van der Waals surface area (Å²) in [5.74, 6) is -0.709. The minimum absolute atomic E-state index is 0.204. The highest BCUT2D eigenvalue weighted by molar-refractivity contribution is 5.51. The van der Waals surface area contributed by atoms with Gasteiger partial charge in [-0.25, -0.2) is 8.78 Å². The van der Waals surface area contributed by atoms with Gasteiger partial charge in [-0.2, -0.15) is 0 Å². The van der Waals surface area contributed by atoms with Crippen LogP contribution in [0, 0.1) is 18.6 Å². The summed E-state index contributed by atoms with van der Waals surface area (Å²) >= 11 is 0. The van der Waals surface area contributed by atoms with E-state index in [1.54, 1.807) is 32.0 Å². The molecule has 1 unspecified atom stereocenters. The van der Waals surface area contributed by atoms with E-state index in [2.05, 4.69) is 5.32 Å². The van der Waals surface area contributed by atoms with E-state index >= 15 is 0 Å². The maximum absolute atomic E-state index is 13.6. The second-order valence-corrected chi connectivity index (χ2v) is 4.53. The van der Waals surface area contributed by atoms with Crippen LogP contribution in [0.5, 0.6) is 5.75 Å². The Morgan fingerprint density at radius 3 is 2.53 bits per heavy atom. The number of halogens is 2. The number of benzene rings is 2. The minimum atomic E-state index is -0.466. The topological polar surface area (TPSA) is 32.3 Å². The van der Waals surface area contributed by atoms with E-state index in [1.807, 2.05) is 0 Å². The van der Waals surface area contributed by atoms with Gasteiger partial charge in [0.25, 0.3) is 0 Å². The van der Waals surface area contributed by atoms with Crippen LogP contribution in [0.2, 0.25) is 0 Å². The zero-order valence-electron chi connectivity index (χ0n) is 10.7. The lowest BCUT2D eigenvalue weighted by Crippen LogP contribution is -2.09. The highest BCUT2D eigenvalue weighted by Gasteiger charge is 2.12. The van der Waals surface area contributed by atoms with Crippen LogP contribution in [-0.2, 0) is 0 Å². The first-order valence-corrected chi connectivity index (χ1v) is 5.98. The number of anilines is 1. The number of phenolic OH excluding ortho intramolecular Hbond substituents is 1. The van der Waals surface area contributed by atoms with Crippen LogP contribution in [-0.4, -0.2) is 5.11 Å². The molecule has 0 radical (unpaired) electrons. The number of hydrogen-bond acceptors (Lipinski definition) is 2. The van der Waals surface area contributed by atoms with Crippen molar-refractivity contribution in [2.24, 2.45) is 0 Å². The molecule has 0 aliphatic rings. The van der Waals surface area contributed by atoms with Crippen molar-refractivity contribution in [2.75, 3.05) is 5.32 Å². The Morgan fingerprint density at radius 2 is 1.84 bits per heavy atom. The summed E-state index contributed by atoms with van der Waals surface area (Å²) < 4.78 is 26.8. The molecule has 2 rings (SSSR count). The fraction of sp³-hybridized carbons (Fsp3) is 0.200. The van der Waals surface area contributed by atoms with Crippen LogP contribution < -0.4 is 5.32 Å². The highest BCUT2D eigenvalue weighted by atomic mass is 19.1. The maximum atomic E-state index is 13.6. The van der Waals surface area contributed by atoms with E-state index in [4.69, 9.17) is 0 Å². The summed E-state index contributed by atoms with van der Waals surface area (Å²) in [7, 11) is 0. The zero-order chi connectivity index (χ0) is 14.0. The molecule has 0 fully saturated rings. The normalized spacial score (nSPS) is 12.2. The van der Waals surface area contributed by atoms with Crippen molar-refractivity contribution in [1.29, 1.82) is 0 Å². The second-order valence-electron chi connectivity index (χ2n) is 4.53. The molecule has 0 saturated heterocycles. The second kappa shape index (κ2) is 5.26. The van der Waals surface area contributed by atoms with Gasteiger partial charge < -0.3 is 10.4 Å². The summed E-state index contributed by atoms with van der Waals surface area (Å²) in [5, 5.41) is 12.5. The SMILES string of the molecule is Cc1cc(NC(C)c2cc(F)ccc2F)ccc1O. The van der Waals surface area contributed by atoms with Gasteiger partial charge in [-0.05, 0) is 55.8 Å². The van der Waals surface area contributed by atoms with Gasteiger partial charge >= 0.3 is 0 Å². The van der Waals surface area contributed by atoms with Crippen molar-refractivity contribution in [2.45, 2.75) is 19.9 Å². The number of aromatic hydroxyl groups is 1. The van der Waals surface area contributed by atoms with Gasteiger partial charge in [0.1, 0.15) is 17.4 Å². The Bertz CT molecular complexity index is 599. The monoisotopic (exact) mass is 263 g/mol. The molecule has 4 heteroatoms. The van der Waals surface area contributed by atoms with Gasteiger partial charge in [-0.3, -0.25) is 0 Å². The fourth-order valence-corrected chi connectivity index (χ4v) is 1.92. The van der Waals surface area contributed by atoms with E-state index in [9.17, 15) is 13.9 Å². The van der Waals surface area contributed by atoms with E-state index in [1.165, 1.54) is 6.07 Å². The largest absolute Gasteiger partial charge is 0.508 e. The first-order valence-electron chi connectivity index (χ1n) is 5.98. The van der Waals surface area contributed by atoms with Gasteiger partial charge in [-0.15, -0.1) is 0 Å². The first kappa shape index (κ1) is 13.3. The molecule has 0 spiro atoms. The third kappa shape index (κ3) is 3.02. The molecule has 0 amide bonds. The number of hydrogen-bond donors (Lipinski definition) is 2. The Hall–Kier alpha value is -2.10. The lowest BCUT2D eigenvalue weighted by molar-refractivity contribution is 0.471. The van der Waals surface area contributed by atoms with Gasteiger partial charge in [-0.1, -0.05) is 0 Å². The van der Waals surface area contributed by atoms with Crippen LogP contribution in [0.3, 0.4) is 0 Å². The van der Waals surface area contributed by atoms with Crippen LogP contribution in [0.15, 0.2) is 36.4 Å². The molecule has 0 aromatic heterocycles. The van der Waals surface area contributed by atoms with Crippen LogP contribution in [0.25, 0.3) is 0 Å². The molecule has 0 bridgehead atoms. The average Bonchev–Trinajstić information content (AvgIpc) is 2.36. The molecular formula is C15H15F2NO. The van der Waals surface area contributed by atoms with E-state index in [-0.39, 0.29) is 17.4 Å². The Kier molecular flexibility index (Phi) is 3.69. The van der Waals surface area contributed by atoms with Crippen molar-refractivity contribution < 1.29 is 13.9 Å². The van der Waals surface area contributed by atoms with Crippen molar-refractivity contribution in [1.82, 2.24) is 0 Å².